The highest BCUT2D eigenvalue weighted by Gasteiger charge is 2.24. The number of phenolic OH excluding ortho intramolecular Hbond substituents is 1. The first-order valence-electron chi connectivity index (χ1n) is 10.8. The molecule has 1 unspecified atom stereocenters. The molecule has 0 saturated heterocycles. The van der Waals surface area contributed by atoms with E-state index < -0.39 is 29.9 Å². The van der Waals surface area contributed by atoms with E-state index in [-0.39, 0.29) is 22.9 Å². The summed E-state index contributed by atoms with van der Waals surface area (Å²) in [6, 6.07) is 11.7. The van der Waals surface area contributed by atoms with Crippen LogP contribution in [-0.4, -0.2) is 45.7 Å². The molecule has 3 rings (SSSR count). The lowest BCUT2D eigenvalue weighted by atomic mass is 9.98. The summed E-state index contributed by atoms with van der Waals surface area (Å²) in [5.74, 6) is -2.32. The number of aliphatic carboxylic acids is 1. The first-order valence-corrected chi connectivity index (χ1v) is 12.0. The molecule has 0 saturated carbocycles. The highest BCUT2D eigenvalue weighted by Crippen LogP contribution is 2.26. The van der Waals surface area contributed by atoms with Crippen molar-refractivity contribution in [1.29, 1.82) is 0 Å². The van der Waals surface area contributed by atoms with Crippen molar-refractivity contribution >= 4 is 40.7 Å². The first kappa shape index (κ1) is 26.2. The zero-order valence-corrected chi connectivity index (χ0v) is 20.4. The van der Waals surface area contributed by atoms with Crippen molar-refractivity contribution in [2.75, 3.05) is 6.54 Å². The van der Waals surface area contributed by atoms with E-state index in [0.717, 1.165) is 5.56 Å². The minimum Gasteiger partial charge on any atom is -0.508 e. The summed E-state index contributed by atoms with van der Waals surface area (Å²) in [6.07, 6.45) is 0.0477. The highest BCUT2D eigenvalue weighted by atomic mass is 35.5. The number of hydrogen-bond donors (Lipinski definition) is 5. The number of aliphatic hydroxyl groups is 1. The molecule has 184 valence electrons. The van der Waals surface area contributed by atoms with Gasteiger partial charge in [-0.1, -0.05) is 35.9 Å². The molecule has 2 amide bonds. The Kier molecular flexibility index (Phi) is 8.86. The van der Waals surface area contributed by atoms with Crippen LogP contribution in [0.5, 0.6) is 5.75 Å². The Morgan fingerprint density at radius 2 is 1.86 bits per heavy atom. The summed E-state index contributed by atoms with van der Waals surface area (Å²) >= 11 is 7.59. The molecule has 1 heterocycles. The number of aromatic hydroxyl groups is 1. The molecule has 0 aliphatic rings. The van der Waals surface area contributed by atoms with Crippen LogP contribution in [0.1, 0.15) is 49.2 Å². The lowest BCUT2D eigenvalue weighted by Crippen LogP contribution is -2.48. The van der Waals surface area contributed by atoms with E-state index in [1.165, 1.54) is 23.5 Å². The van der Waals surface area contributed by atoms with Crippen LogP contribution in [0.4, 0.5) is 0 Å². The fourth-order valence-electron chi connectivity index (χ4n) is 3.57. The van der Waals surface area contributed by atoms with Crippen LogP contribution in [0.15, 0.2) is 53.9 Å². The molecule has 35 heavy (non-hydrogen) atoms. The van der Waals surface area contributed by atoms with Crippen molar-refractivity contribution in [2.45, 2.75) is 31.9 Å². The van der Waals surface area contributed by atoms with Gasteiger partial charge in [-0.3, -0.25) is 9.59 Å². The topological polar surface area (TPSA) is 136 Å². The number of phenols is 1. The van der Waals surface area contributed by atoms with Crippen LogP contribution in [0.3, 0.4) is 0 Å². The van der Waals surface area contributed by atoms with E-state index in [9.17, 15) is 29.7 Å². The maximum absolute atomic E-state index is 12.8. The molecule has 0 aliphatic heterocycles. The number of aryl methyl sites for hydroxylation is 2. The van der Waals surface area contributed by atoms with E-state index >= 15 is 0 Å². The summed E-state index contributed by atoms with van der Waals surface area (Å²) in [4.78, 5) is 37.0. The highest BCUT2D eigenvalue weighted by molar-refractivity contribution is 7.12. The van der Waals surface area contributed by atoms with Crippen molar-refractivity contribution in [3.8, 4) is 5.75 Å². The number of benzene rings is 2. The summed E-state index contributed by atoms with van der Waals surface area (Å²) in [5.41, 5.74) is 2.07. The smallest absolute Gasteiger partial charge is 0.328 e. The number of amides is 2. The summed E-state index contributed by atoms with van der Waals surface area (Å²) < 4.78 is 0. The fourth-order valence-corrected chi connectivity index (χ4v) is 4.58. The normalized spacial score (nSPS) is 12.5. The second kappa shape index (κ2) is 11.8. The Morgan fingerprint density at radius 3 is 2.49 bits per heavy atom. The number of carboxylic acid groups (broad SMARTS) is 1. The third kappa shape index (κ3) is 7.05. The van der Waals surface area contributed by atoms with Gasteiger partial charge in [0, 0.05) is 6.54 Å². The maximum atomic E-state index is 12.8. The molecule has 0 bridgehead atoms. The Hall–Kier alpha value is -3.40. The molecule has 0 spiro atoms. The van der Waals surface area contributed by atoms with Crippen molar-refractivity contribution in [2.24, 2.45) is 0 Å². The molecule has 5 N–H and O–H groups in total. The van der Waals surface area contributed by atoms with Gasteiger partial charge in [-0.2, -0.15) is 0 Å². The Labute approximate surface area is 211 Å². The molecule has 3 aromatic rings. The number of thiophene rings is 1. The zero-order chi connectivity index (χ0) is 25.5. The molecule has 0 fully saturated rings. The number of carboxylic acids is 1. The molecule has 2 aromatic carbocycles. The van der Waals surface area contributed by atoms with Gasteiger partial charge in [0.2, 0.25) is 0 Å². The summed E-state index contributed by atoms with van der Waals surface area (Å²) in [5, 5.41) is 36.3. The Morgan fingerprint density at radius 1 is 1.09 bits per heavy atom. The van der Waals surface area contributed by atoms with Crippen LogP contribution in [0.2, 0.25) is 5.02 Å². The number of rotatable bonds is 10. The average molecular weight is 517 g/mol. The van der Waals surface area contributed by atoms with Gasteiger partial charge in [0.1, 0.15) is 11.8 Å². The van der Waals surface area contributed by atoms with Crippen LogP contribution >= 0.6 is 22.9 Å². The van der Waals surface area contributed by atoms with Crippen molar-refractivity contribution < 1.29 is 29.7 Å². The van der Waals surface area contributed by atoms with Crippen molar-refractivity contribution in [1.82, 2.24) is 10.6 Å². The lowest BCUT2D eigenvalue weighted by molar-refractivity contribution is -0.139. The molecule has 8 nitrogen and oxygen atoms in total. The average Bonchev–Trinajstić information content (AvgIpc) is 3.34. The van der Waals surface area contributed by atoms with Gasteiger partial charge in [0.25, 0.3) is 11.8 Å². The minimum absolute atomic E-state index is 0.0709. The van der Waals surface area contributed by atoms with E-state index in [0.29, 0.717) is 28.8 Å². The van der Waals surface area contributed by atoms with E-state index in [4.69, 9.17) is 11.6 Å². The van der Waals surface area contributed by atoms with E-state index in [2.05, 4.69) is 10.6 Å². The number of aliphatic hydroxyl groups excluding tert-OH is 1. The van der Waals surface area contributed by atoms with Gasteiger partial charge in [0.05, 0.1) is 21.6 Å². The number of nitrogens with one attached hydrogen (secondary N) is 2. The van der Waals surface area contributed by atoms with E-state index in [1.54, 1.807) is 48.7 Å². The minimum atomic E-state index is -1.35. The predicted octanol–water partition coefficient (Wildman–Crippen LogP) is 3.69. The number of hydrogen-bond acceptors (Lipinski definition) is 6. The van der Waals surface area contributed by atoms with Gasteiger partial charge < -0.3 is 26.0 Å². The van der Waals surface area contributed by atoms with Crippen LogP contribution in [0, 0.1) is 6.92 Å². The molecule has 1 aromatic heterocycles. The zero-order valence-electron chi connectivity index (χ0n) is 18.8. The SMILES string of the molecule is Cc1cc(CCC(O)c2cccc(O)c2)cc(Cl)c1C(=O)N[C@@H](CNC(=O)c1cccs1)C(=O)O. The van der Waals surface area contributed by atoms with Crippen molar-refractivity contribution in [3.05, 3.63) is 86.1 Å². The quantitative estimate of drug-likeness (QED) is 0.279. The van der Waals surface area contributed by atoms with Crippen LogP contribution in [-0.2, 0) is 11.2 Å². The molecular formula is C25H25ClN2O6S. The largest absolute Gasteiger partial charge is 0.508 e. The second-order valence-corrected chi connectivity index (χ2v) is 9.33. The van der Waals surface area contributed by atoms with Gasteiger partial charge in [-0.05, 0) is 66.1 Å². The molecule has 0 radical (unpaired) electrons. The summed E-state index contributed by atoms with van der Waals surface area (Å²) in [6.45, 7) is 1.39. The number of carbonyl (C=O) groups is 3. The lowest BCUT2D eigenvalue weighted by Gasteiger charge is -2.17. The van der Waals surface area contributed by atoms with E-state index in [1.807, 2.05) is 0 Å². The summed E-state index contributed by atoms with van der Waals surface area (Å²) in [7, 11) is 0. The van der Waals surface area contributed by atoms with Gasteiger partial charge in [-0.15, -0.1) is 11.3 Å². The number of halogens is 1. The van der Waals surface area contributed by atoms with Crippen LogP contribution in [0.25, 0.3) is 0 Å². The van der Waals surface area contributed by atoms with Gasteiger partial charge in [0.15, 0.2) is 0 Å². The van der Waals surface area contributed by atoms with Crippen LogP contribution < -0.4 is 10.6 Å². The molecule has 2 atom stereocenters. The molecule has 10 heteroatoms. The van der Waals surface area contributed by atoms with Gasteiger partial charge >= 0.3 is 5.97 Å². The standard InChI is InChI=1S/C25H25ClN2O6S/c1-14-10-15(7-8-20(30)16-4-2-5-17(29)12-16)11-18(26)22(14)24(32)28-19(25(33)34)13-27-23(31)21-6-3-9-35-21/h2-6,9-12,19-20,29-30H,7-8,13H2,1H3,(H,27,31)(H,28,32)(H,33,34)/t19-,20?/m0/s1. The fraction of sp³-hybridized carbons (Fsp3) is 0.240. The second-order valence-electron chi connectivity index (χ2n) is 7.97. The molecule has 0 aliphatic carbocycles. The monoisotopic (exact) mass is 516 g/mol. The third-order valence-electron chi connectivity index (χ3n) is 5.35. The third-order valence-corrected chi connectivity index (χ3v) is 6.52. The first-order chi connectivity index (χ1) is 16.7. The molecular weight excluding hydrogens is 492 g/mol. The van der Waals surface area contributed by atoms with Crippen molar-refractivity contribution in [3.63, 3.8) is 0 Å². The van der Waals surface area contributed by atoms with Gasteiger partial charge in [-0.25, -0.2) is 4.79 Å². The predicted molar refractivity (Wildman–Crippen MR) is 133 cm³/mol. The Balaban J connectivity index is 1.64. The Bertz CT molecular complexity index is 1190. The number of carbonyl (C=O) groups excluding carboxylic acids is 2. The maximum Gasteiger partial charge on any atom is 0.328 e.